The summed E-state index contributed by atoms with van der Waals surface area (Å²) < 4.78 is 11.3. The van der Waals surface area contributed by atoms with Gasteiger partial charge in [0.2, 0.25) is 0 Å². The van der Waals surface area contributed by atoms with Crippen LogP contribution in [0.3, 0.4) is 0 Å². The number of rotatable bonds is 4. The third kappa shape index (κ3) is 3.94. The lowest BCUT2D eigenvalue weighted by molar-refractivity contribution is -0.113. The first-order chi connectivity index (χ1) is 12.8. The first-order valence-electron chi connectivity index (χ1n) is 7.53. The number of aromatic hydroxyl groups is 1. The molecule has 2 aromatic rings. The number of thioether (sulfide) groups is 1. The third-order valence-electron chi connectivity index (χ3n) is 3.77. The summed E-state index contributed by atoms with van der Waals surface area (Å²) in [4.78, 5) is 14.8. The average molecular weight is 487 g/mol. The Labute approximate surface area is 179 Å². The molecule has 0 saturated carbocycles. The van der Waals surface area contributed by atoms with Gasteiger partial charge < -0.3 is 14.6 Å². The van der Waals surface area contributed by atoms with Crippen LogP contribution in [-0.4, -0.2) is 29.6 Å². The average Bonchev–Trinajstić information content (AvgIpc) is 2.90. The van der Waals surface area contributed by atoms with Gasteiger partial charge in [0.1, 0.15) is 5.75 Å². The summed E-state index contributed by atoms with van der Waals surface area (Å²) in [5.74, 6) is 0.565. The van der Waals surface area contributed by atoms with Gasteiger partial charge in [0.05, 0.1) is 29.8 Å². The predicted molar refractivity (Wildman–Crippen MR) is 116 cm³/mol. The number of hydrogen-bond acceptors (Lipinski definition) is 6. The molecule has 5 nitrogen and oxygen atoms in total. The molecule has 1 amide bonds. The highest BCUT2D eigenvalue weighted by molar-refractivity contribution is 9.10. The maximum Gasteiger partial charge on any atom is 0.270 e. The second-order valence-corrected chi connectivity index (χ2v) is 8.32. The number of carbonyl (C=O) groups is 1. The normalized spacial score (nSPS) is 15.6. The van der Waals surface area contributed by atoms with Gasteiger partial charge in [-0.15, -0.1) is 0 Å². The Balaban J connectivity index is 1.97. The molecule has 2 aromatic carbocycles. The van der Waals surface area contributed by atoms with E-state index in [-0.39, 0.29) is 11.7 Å². The van der Waals surface area contributed by atoms with Crippen LogP contribution in [0.4, 0.5) is 5.69 Å². The Morgan fingerprint density at radius 3 is 2.56 bits per heavy atom. The van der Waals surface area contributed by atoms with Gasteiger partial charge in [-0.1, -0.05) is 51.5 Å². The van der Waals surface area contributed by atoms with Crippen LogP contribution in [0.15, 0.2) is 39.7 Å². The van der Waals surface area contributed by atoms with E-state index in [2.05, 4.69) is 15.9 Å². The number of halogens is 2. The second kappa shape index (κ2) is 8.10. The summed E-state index contributed by atoms with van der Waals surface area (Å²) in [5, 5.41) is 10.2. The Hall–Kier alpha value is -1.74. The van der Waals surface area contributed by atoms with Crippen molar-refractivity contribution >= 4 is 73.5 Å². The lowest BCUT2D eigenvalue weighted by atomic mass is 10.2. The van der Waals surface area contributed by atoms with Crippen LogP contribution in [0.25, 0.3) is 6.08 Å². The number of anilines is 1. The quantitative estimate of drug-likeness (QED) is 0.472. The highest BCUT2D eigenvalue weighted by Crippen LogP contribution is 2.40. The highest BCUT2D eigenvalue weighted by Gasteiger charge is 2.33. The SMILES string of the molecule is COc1cc(/C=C2/SC(=S)N(c3ccc(OC)c(Cl)c3)C2=O)c(Br)cc1O. The highest BCUT2D eigenvalue weighted by atomic mass is 79.9. The summed E-state index contributed by atoms with van der Waals surface area (Å²) in [6.07, 6.45) is 1.69. The summed E-state index contributed by atoms with van der Waals surface area (Å²) in [5.41, 5.74) is 1.24. The van der Waals surface area contributed by atoms with Gasteiger partial charge in [-0.3, -0.25) is 9.69 Å². The molecule has 9 heteroatoms. The van der Waals surface area contributed by atoms with Crippen molar-refractivity contribution in [3.8, 4) is 17.2 Å². The molecule has 1 aliphatic heterocycles. The number of hydrogen-bond donors (Lipinski definition) is 1. The van der Waals surface area contributed by atoms with Crippen molar-refractivity contribution in [3.63, 3.8) is 0 Å². The van der Waals surface area contributed by atoms with Gasteiger partial charge in [0, 0.05) is 4.47 Å². The number of thiocarbonyl (C=S) groups is 1. The van der Waals surface area contributed by atoms with Gasteiger partial charge in [-0.05, 0) is 42.0 Å². The predicted octanol–water partition coefficient (Wildman–Crippen LogP) is 5.23. The van der Waals surface area contributed by atoms with E-state index in [0.29, 0.717) is 41.5 Å². The maximum absolute atomic E-state index is 12.9. The Morgan fingerprint density at radius 2 is 1.93 bits per heavy atom. The molecule has 1 N–H and O–H groups in total. The Kier molecular flexibility index (Phi) is 6.00. The molecule has 0 radical (unpaired) electrons. The van der Waals surface area contributed by atoms with Gasteiger partial charge in [-0.25, -0.2) is 0 Å². The second-order valence-electron chi connectivity index (χ2n) is 5.38. The van der Waals surface area contributed by atoms with Crippen LogP contribution in [0, 0.1) is 0 Å². The van der Waals surface area contributed by atoms with Crippen LogP contribution in [0.2, 0.25) is 5.02 Å². The topological polar surface area (TPSA) is 59.0 Å². The fraction of sp³-hybridized carbons (Fsp3) is 0.111. The fourth-order valence-electron chi connectivity index (χ4n) is 2.46. The summed E-state index contributed by atoms with van der Waals surface area (Å²) >= 11 is 16.1. The van der Waals surface area contributed by atoms with Crippen molar-refractivity contribution in [2.45, 2.75) is 0 Å². The van der Waals surface area contributed by atoms with Crippen LogP contribution < -0.4 is 14.4 Å². The van der Waals surface area contributed by atoms with Crippen molar-refractivity contribution in [2.24, 2.45) is 0 Å². The lowest BCUT2D eigenvalue weighted by Crippen LogP contribution is -2.27. The molecule has 0 bridgehead atoms. The molecule has 1 fully saturated rings. The van der Waals surface area contributed by atoms with Gasteiger partial charge in [0.25, 0.3) is 5.91 Å². The van der Waals surface area contributed by atoms with E-state index >= 15 is 0 Å². The van der Waals surface area contributed by atoms with Crippen molar-refractivity contribution < 1.29 is 19.4 Å². The van der Waals surface area contributed by atoms with Crippen LogP contribution >= 0.6 is 51.5 Å². The van der Waals surface area contributed by atoms with Crippen LogP contribution in [0.1, 0.15) is 5.56 Å². The van der Waals surface area contributed by atoms with Crippen molar-refractivity contribution in [3.05, 3.63) is 50.3 Å². The lowest BCUT2D eigenvalue weighted by Gasteiger charge is -2.15. The van der Waals surface area contributed by atoms with E-state index in [1.54, 1.807) is 30.3 Å². The fourth-order valence-corrected chi connectivity index (χ4v) is 4.45. The van der Waals surface area contributed by atoms with Crippen molar-refractivity contribution in [2.75, 3.05) is 19.1 Å². The maximum atomic E-state index is 12.9. The van der Waals surface area contributed by atoms with Crippen molar-refractivity contribution in [1.29, 1.82) is 0 Å². The minimum atomic E-state index is -0.259. The molecule has 0 atom stereocenters. The van der Waals surface area contributed by atoms with Gasteiger partial charge in [-0.2, -0.15) is 0 Å². The number of benzene rings is 2. The minimum absolute atomic E-state index is 0.00180. The number of methoxy groups -OCH3 is 2. The zero-order valence-electron chi connectivity index (χ0n) is 14.2. The number of carbonyl (C=O) groups excluding carboxylic acids is 1. The van der Waals surface area contributed by atoms with Gasteiger partial charge >= 0.3 is 0 Å². The number of ether oxygens (including phenoxy) is 2. The van der Waals surface area contributed by atoms with E-state index in [9.17, 15) is 9.90 Å². The largest absolute Gasteiger partial charge is 0.504 e. The molecular formula is C18H13BrClNO4S2. The minimum Gasteiger partial charge on any atom is -0.504 e. The number of amides is 1. The van der Waals surface area contributed by atoms with E-state index in [1.165, 1.54) is 36.9 Å². The van der Waals surface area contributed by atoms with E-state index < -0.39 is 0 Å². The number of phenols is 1. The first kappa shape index (κ1) is 20.0. The van der Waals surface area contributed by atoms with Crippen LogP contribution in [0.5, 0.6) is 17.2 Å². The molecule has 1 aliphatic rings. The summed E-state index contributed by atoms with van der Waals surface area (Å²) in [6.45, 7) is 0. The summed E-state index contributed by atoms with van der Waals surface area (Å²) in [6, 6.07) is 8.18. The third-order valence-corrected chi connectivity index (χ3v) is 6.06. The molecule has 0 aliphatic carbocycles. The molecule has 1 heterocycles. The molecule has 140 valence electrons. The monoisotopic (exact) mass is 485 g/mol. The van der Waals surface area contributed by atoms with E-state index in [4.69, 9.17) is 33.3 Å². The molecule has 1 saturated heterocycles. The molecule has 27 heavy (non-hydrogen) atoms. The van der Waals surface area contributed by atoms with E-state index in [0.717, 1.165) is 0 Å². The molecule has 0 spiro atoms. The van der Waals surface area contributed by atoms with Crippen molar-refractivity contribution in [1.82, 2.24) is 0 Å². The molecular weight excluding hydrogens is 474 g/mol. The standard InChI is InChI=1S/C18H13BrClNO4S2/c1-24-14-4-3-10(7-12(14)20)21-17(23)16(27-18(21)26)6-9-5-15(25-2)13(22)8-11(9)19/h3-8,22H,1-2H3/b16-6+. The zero-order chi connectivity index (χ0) is 19.7. The Bertz CT molecular complexity index is 980. The number of phenolic OH excluding ortho intramolecular Hbond substituents is 1. The summed E-state index contributed by atoms with van der Waals surface area (Å²) in [7, 11) is 2.98. The first-order valence-corrected chi connectivity index (χ1v) is 9.93. The van der Waals surface area contributed by atoms with Gasteiger partial charge in [0.15, 0.2) is 15.8 Å². The number of nitrogens with zero attached hydrogens (tertiary/aromatic N) is 1. The smallest absolute Gasteiger partial charge is 0.270 e. The molecule has 3 rings (SSSR count). The molecule has 0 unspecified atom stereocenters. The Morgan fingerprint density at radius 1 is 1.22 bits per heavy atom. The van der Waals surface area contributed by atoms with Crippen LogP contribution in [-0.2, 0) is 4.79 Å². The zero-order valence-corrected chi connectivity index (χ0v) is 18.1. The van der Waals surface area contributed by atoms with E-state index in [1.807, 2.05) is 0 Å². The molecule has 0 aromatic heterocycles.